The molecule has 1 aliphatic rings. The molecular weight excluding hydrogens is 661 g/mol. The Kier molecular flexibility index (Phi) is 17.4. The van der Waals surface area contributed by atoms with Crippen LogP contribution in [0.5, 0.6) is 5.75 Å². The normalized spacial score (nSPS) is 12.7. The Morgan fingerprint density at radius 1 is 1.34 bits per heavy atom. The molecule has 0 unspecified atom stereocenters. The molecule has 3 rings (SSSR count). The number of ether oxygens (including phenoxy) is 3. The fraction of sp³-hybridized carbons (Fsp3) is 0.258. The van der Waals surface area contributed by atoms with Gasteiger partial charge in [-0.2, -0.15) is 0 Å². The number of aryl methyl sites for hydroxylation is 1. The maximum Gasteiger partial charge on any atom is 1.00 e. The van der Waals surface area contributed by atoms with Crippen LogP contribution >= 0.6 is 0 Å². The number of halogens is 1. The van der Waals surface area contributed by atoms with Gasteiger partial charge in [-0.15, -0.1) is 0 Å². The third-order valence-corrected chi connectivity index (χ3v) is 6.92. The SMILES string of the molecule is [CH-]=C/C(=C\[C-]=NC=[N-])Oc1ccc(Nc2ncnc3c2=C(OC[CH-]CN(C[CH2-])C(=O)OC(C)(C)C)[C-]=C[I-]C=3)cc1C.[Li+].[Li+]. The predicted octanol–water partition coefficient (Wildman–Crippen LogP) is -5.11. The molecule has 0 fully saturated rings. The molecule has 44 heavy (non-hydrogen) atoms. The van der Waals surface area contributed by atoms with Crippen LogP contribution in [0.25, 0.3) is 15.3 Å². The molecule has 0 bridgehead atoms. The average molecular weight is 693 g/mol. The van der Waals surface area contributed by atoms with Crippen molar-refractivity contribution in [3.05, 3.63) is 94.1 Å². The predicted molar refractivity (Wildman–Crippen MR) is 159 cm³/mol. The molecule has 0 radical (unpaired) electrons. The summed E-state index contributed by atoms with van der Waals surface area (Å²) in [6.45, 7) is 17.6. The van der Waals surface area contributed by atoms with Crippen LogP contribution in [0.15, 0.2) is 51.5 Å². The van der Waals surface area contributed by atoms with E-state index in [9.17, 15) is 4.79 Å². The zero-order valence-corrected chi connectivity index (χ0v) is 28.1. The van der Waals surface area contributed by atoms with E-state index in [1.165, 1.54) is 23.4 Å². The molecule has 2 heterocycles. The van der Waals surface area contributed by atoms with Crippen molar-refractivity contribution >= 4 is 40.0 Å². The summed E-state index contributed by atoms with van der Waals surface area (Å²) < 4.78 is 21.4. The molecule has 0 spiro atoms. The number of amides is 1. The Labute approximate surface area is 294 Å². The van der Waals surface area contributed by atoms with Gasteiger partial charge in [0.05, 0.1) is 0 Å². The molecule has 2 aromatic rings. The van der Waals surface area contributed by atoms with Crippen molar-refractivity contribution < 1.29 is 77.9 Å². The zero-order chi connectivity index (χ0) is 30.5. The molecular formula is C31H32ILi2N6O4-5. The van der Waals surface area contributed by atoms with Gasteiger partial charge in [0.15, 0.2) is 0 Å². The summed E-state index contributed by atoms with van der Waals surface area (Å²) in [6, 6.07) is 5.54. The summed E-state index contributed by atoms with van der Waals surface area (Å²) in [5.41, 5.74) is 1.01. The fourth-order valence-corrected chi connectivity index (χ4v) is 4.90. The van der Waals surface area contributed by atoms with Crippen LogP contribution in [0.2, 0.25) is 0 Å². The Balaban J connectivity index is 0.00000484. The molecule has 0 atom stereocenters. The van der Waals surface area contributed by atoms with Crippen LogP contribution in [0.1, 0.15) is 26.3 Å². The van der Waals surface area contributed by atoms with E-state index in [4.69, 9.17) is 26.2 Å². The van der Waals surface area contributed by atoms with E-state index in [0.717, 1.165) is 16.6 Å². The smallest absolute Gasteiger partial charge is 1.00 e. The summed E-state index contributed by atoms with van der Waals surface area (Å²) in [5, 5.41) is 13.5. The summed E-state index contributed by atoms with van der Waals surface area (Å²) in [4.78, 5) is 26.3. The van der Waals surface area contributed by atoms with Crippen molar-refractivity contribution in [2.75, 3.05) is 25.0 Å². The number of carbonyl (C=O) groups excluding carboxylic acids is 1. The first-order valence-electron chi connectivity index (χ1n) is 12.8. The third kappa shape index (κ3) is 12.3. The van der Waals surface area contributed by atoms with E-state index in [-0.39, 0.29) is 50.9 Å². The number of allylic oxidation sites excluding steroid dienone is 2. The molecule has 224 valence electrons. The molecule has 1 aromatic heterocycles. The minimum Gasteiger partial charge on any atom is 1.00 e. The number of anilines is 2. The van der Waals surface area contributed by atoms with Gasteiger partial charge in [-0.05, 0) is 0 Å². The summed E-state index contributed by atoms with van der Waals surface area (Å²) >= 11 is -0.415. The molecule has 1 N–H and O–H groups in total. The summed E-state index contributed by atoms with van der Waals surface area (Å²) in [7, 11) is 0. The van der Waals surface area contributed by atoms with Crippen LogP contribution in [0.4, 0.5) is 16.3 Å². The van der Waals surface area contributed by atoms with Gasteiger partial charge in [-0.3, -0.25) is 6.58 Å². The van der Waals surface area contributed by atoms with Gasteiger partial charge in [-0.1, -0.05) is 0 Å². The molecule has 1 amide bonds. The van der Waals surface area contributed by atoms with Crippen molar-refractivity contribution in [3.63, 3.8) is 0 Å². The van der Waals surface area contributed by atoms with E-state index in [0.29, 0.717) is 41.2 Å². The van der Waals surface area contributed by atoms with Crippen molar-refractivity contribution in [1.82, 2.24) is 14.9 Å². The quantitative estimate of drug-likeness (QED) is 0.0326. The third-order valence-electron chi connectivity index (χ3n) is 5.30. The first kappa shape index (κ1) is 39.2. The van der Waals surface area contributed by atoms with Crippen LogP contribution in [0, 0.1) is 32.9 Å². The average Bonchev–Trinajstić information content (AvgIpc) is 3.15. The number of aliphatic imine (C=N–C) groups is 1. The van der Waals surface area contributed by atoms with E-state index in [1.807, 2.05) is 50.3 Å². The largest absolute Gasteiger partial charge is 1.00 e. The van der Waals surface area contributed by atoms with Gasteiger partial charge in [0.1, 0.15) is 0 Å². The number of aromatic nitrogens is 2. The molecule has 13 heteroatoms. The molecule has 1 aromatic carbocycles. The minimum absolute atomic E-state index is 0. The number of nitrogens with zero attached hydrogens (tertiary/aromatic N) is 5. The van der Waals surface area contributed by atoms with E-state index in [1.54, 1.807) is 6.07 Å². The monoisotopic (exact) mass is 693 g/mol. The maximum absolute atomic E-state index is 12.4. The van der Waals surface area contributed by atoms with Crippen LogP contribution in [-0.2, 0) is 9.47 Å². The van der Waals surface area contributed by atoms with Crippen LogP contribution in [0.3, 0.4) is 0 Å². The molecule has 0 saturated carbocycles. The van der Waals surface area contributed by atoms with Crippen molar-refractivity contribution in [2.24, 2.45) is 4.99 Å². The van der Waals surface area contributed by atoms with Gasteiger partial charge in [0, 0.05) is 0 Å². The minimum atomic E-state index is -0.591. The number of carbonyl (C=O) groups is 1. The topological polar surface area (TPSA) is 120 Å². The number of benzene rings is 1. The fourth-order valence-electron chi connectivity index (χ4n) is 3.44. The summed E-state index contributed by atoms with van der Waals surface area (Å²) in [6.07, 6.45) is 11.9. The first-order valence-corrected chi connectivity index (χ1v) is 15.3. The number of nitrogens with one attached hydrogen (secondary N) is 1. The number of hydrogen-bond donors (Lipinski definition) is 1. The first-order chi connectivity index (χ1) is 20.1. The van der Waals surface area contributed by atoms with Gasteiger partial charge >= 0.3 is 266 Å². The molecule has 0 saturated heterocycles. The number of hydrogen-bond acceptors (Lipinski definition) is 7. The Hall–Kier alpha value is -2.81. The Morgan fingerprint density at radius 3 is 2.77 bits per heavy atom. The number of rotatable bonds is 13. The molecule has 0 aliphatic carbocycles. The Bertz CT molecular complexity index is 1510. The van der Waals surface area contributed by atoms with Gasteiger partial charge in [0.2, 0.25) is 0 Å². The second-order valence-electron chi connectivity index (χ2n) is 9.62. The van der Waals surface area contributed by atoms with Crippen LogP contribution < -0.4 is 79.5 Å². The van der Waals surface area contributed by atoms with E-state index >= 15 is 0 Å². The second kappa shape index (κ2) is 19.6. The van der Waals surface area contributed by atoms with Crippen molar-refractivity contribution in [3.8, 4) is 5.75 Å². The van der Waals surface area contributed by atoms with Gasteiger partial charge < -0.3 is 10.4 Å². The van der Waals surface area contributed by atoms with Crippen LogP contribution in [-0.4, -0.2) is 58.8 Å². The van der Waals surface area contributed by atoms with Crippen molar-refractivity contribution in [2.45, 2.75) is 33.3 Å². The standard InChI is InChI=1S/C31H32IN6O4.2Li/c1-7-24(13-15-34-20-33)41-26-11-10-23(18-22(26)3)37-29-28-25(35-21-36-29)19-32-14-12-27(28)40-17-9-16-38(8-2)30(39)42-31(4,5)6;;/h1,7,9-11,13-14,18-21H,2,8,16-17H2,3-6H3,(H,35,36,37);;/q-7;2*+1/b24-13+;;. The molecule has 10 nitrogen and oxygen atoms in total. The van der Waals surface area contributed by atoms with Crippen molar-refractivity contribution in [1.29, 1.82) is 0 Å². The number of fused-ring (bicyclic) bond motifs is 1. The Morgan fingerprint density at radius 2 is 2.11 bits per heavy atom. The van der Waals surface area contributed by atoms with Gasteiger partial charge in [-0.25, -0.2) is 12.6 Å². The maximum atomic E-state index is 12.4. The second-order valence-corrected chi connectivity index (χ2v) is 11.6. The van der Waals surface area contributed by atoms with Gasteiger partial charge in [0.25, 0.3) is 0 Å². The summed E-state index contributed by atoms with van der Waals surface area (Å²) in [5.74, 6) is 1.94. The molecule has 1 aliphatic heterocycles. The van der Waals surface area contributed by atoms with E-state index in [2.05, 4.69) is 43.6 Å². The zero-order valence-electron chi connectivity index (χ0n) is 25.9. The van der Waals surface area contributed by atoms with E-state index < -0.39 is 32.9 Å².